The second kappa shape index (κ2) is 27.9. The molecule has 1 aliphatic carbocycles. The van der Waals surface area contributed by atoms with Crippen molar-refractivity contribution < 1.29 is 52.7 Å². The number of rotatable bonds is 31. The number of ether oxygens (including phenoxy) is 5. The van der Waals surface area contributed by atoms with E-state index in [-0.39, 0.29) is 18.5 Å². The van der Waals surface area contributed by atoms with Crippen LogP contribution in [0.15, 0.2) is 77.4 Å². The first-order valence-corrected chi connectivity index (χ1v) is 37.9. The van der Waals surface area contributed by atoms with Gasteiger partial charge in [0.2, 0.25) is 0 Å². The predicted octanol–water partition coefficient (Wildman–Crippen LogP) is 7.65. The molecule has 1 spiro atoms. The summed E-state index contributed by atoms with van der Waals surface area (Å²) in [5.74, 6) is -1.32. The lowest BCUT2D eigenvalue weighted by Gasteiger charge is -2.63. The van der Waals surface area contributed by atoms with Crippen LogP contribution < -0.4 is 15.0 Å². The fourth-order valence-electron chi connectivity index (χ4n) is 15.3. The van der Waals surface area contributed by atoms with Crippen LogP contribution in [0.1, 0.15) is 80.5 Å². The summed E-state index contributed by atoms with van der Waals surface area (Å²) in [5.41, 5.74) is 8.83. The highest BCUT2D eigenvalue weighted by atomic mass is 32.2. The third kappa shape index (κ3) is 13.6. The van der Waals surface area contributed by atoms with Gasteiger partial charge in [0.05, 0.1) is 71.4 Å². The summed E-state index contributed by atoms with van der Waals surface area (Å²) in [7, 11) is 0.444. The summed E-state index contributed by atoms with van der Waals surface area (Å²) in [4.78, 5) is 51.7. The average molecular weight is 1240 g/mol. The van der Waals surface area contributed by atoms with Crippen molar-refractivity contribution in [2.24, 2.45) is 16.4 Å². The number of methoxy groups -OCH3 is 2. The van der Waals surface area contributed by atoms with Gasteiger partial charge in [0, 0.05) is 126 Å². The molecule has 4 aliphatic heterocycles. The fourth-order valence-corrected chi connectivity index (χ4v) is 25.7. The van der Waals surface area contributed by atoms with Crippen molar-refractivity contribution in [3.05, 3.63) is 99.8 Å². The topological polar surface area (TPSA) is 262 Å². The molecule has 5 N–H and O–H groups in total. The molecule has 3 fully saturated rings. The molecule has 2 saturated heterocycles. The predicted molar refractivity (Wildman–Crippen MR) is 337 cm³/mol. The average Bonchev–Trinajstić information content (AvgIpc) is 1.45. The molecule has 9 rings (SSSR count). The molecule has 470 valence electrons. The summed E-state index contributed by atoms with van der Waals surface area (Å²) in [6.45, 7) is 19.2. The van der Waals surface area contributed by atoms with Gasteiger partial charge >= 0.3 is 5.97 Å². The molecule has 0 radical (unpaired) electrons. The molecular formula is C62H92N10O11SSi2. The van der Waals surface area contributed by atoms with E-state index in [1.807, 2.05) is 37.9 Å². The Balaban J connectivity index is 0.866. The summed E-state index contributed by atoms with van der Waals surface area (Å²) >= 11 is 1.58. The number of H-pyrrole nitrogens is 1. The fraction of sp³-hybridized carbons (Fsp3) is 0.645. The van der Waals surface area contributed by atoms with Crippen LogP contribution in [0, 0.1) is 11.3 Å². The highest BCUT2D eigenvalue weighted by molar-refractivity contribution is 8.00. The molecule has 0 unspecified atom stereocenters. The molecule has 4 aromatic rings. The quantitative estimate of drug-likeness (QED) is 0.00373. The summed E-state index contributed by atoms with van der Waals surface area (Å²) < 4.78 is 35.5. The van der Waals surface area contributed by atoms with E-state index in [9.17, 15) is 20.1 Å². The number of anilines is 1. The number of hydrogen-bond donors (Lipinski definition) is 5. The van der Waals surface area contributed by atoms with Crippen molar-refractivity contribution in [1.29, 1.82) is 0 Å². The number of hydrogen-bond acceptors (Lipinski definition) is 18. The number of para-hydroxylation sites is 1. The molecule has 6 heterocycles. The number of carbonyl (C=O) groups excluding carboxylic acids is 2. The summed E-state index contributed by atoms with van der Waals surface area (Å²) in [6.07, 6.45) is 12.3. The number of nitrogens with zero attached hydrogens (tertiary/aromatic N) is 8. The van der Waals surface area contributed by atoms with Crippen LogP contribution in [0.5, 0.6) is 5.75 Å². The van der Waals surface area contributed by atoms with Crippen molar-refractivity contribution in [3.8, 4) is 5.75 Å². The first-order valence-electron chi connectivity index (χ1n) is 30.7. The van der Waals surface area contributed by atoms with Gasteiger partial charge in [0.15, 0.2) is 27.4 Å². The van der Waals surface area contributed by atoms with Crippen LogP contribution in [-0.4, -0.2) is 203 Å². The maximum Gasteiger partial charge on any atom is 0.313 e. The molecule has 0 bridgehead atoms. The van der Waals surface area contributed by atoms with Gasteiger partial charge in [-0.1, -0.05) is 61.1 Å². The van der Waals surface area contributed by atoms with Gasteiger partial charge in [-0.15, -0.1) is 0 Å². The van der Waals surface area contributed by atoms with Crippen LogP contribution in [0.3, 0.4) is 0 Å². The normalized spacial score (nSPS) is 26.7. The molecule has 21 nitrogen and oxygen atoms in total. The van der Waals surface area contributed by atoms with Crippen LogP contribution in [0.25, 0.3) is 21.3 Å². The number of esters is 1. The number of fused-ring (bicyclic) bond motifs is 2. The van der Waals surface area contributed by atoms with Gasteiger partial charge in [-0.2, -0.15) is 0 Å². The maximum atomic E-state index is 15.3. The Morgan fingerprint density at radius 1 is 1.00 bits per heavy atom. The zero-order valence-electron chi connectivity index (χ0n) is 51.9. The summed E-state index contributed by atoms with van der Waals surface area (Å²) in [6, 6.07) is 12.0. The van der Waals surface area contributed by atoms with Crippen LogP contribution in [0.2, 0.25) is 32.2 Å². The Bertz CT molecular complexity index is 3060. The van der Waals surface area contributed by atoms with Gasteiger partial charge in [0.25, 0.3) is 5.91 Å². The zero-order chi connectivity index (χ0) is 61.5. The van der Waals surface area contributed by atoms with Gasteiger partial charge in [-0.25, -0.2) is 9.97 Å². The Labute approximate surface area is 513 Å². The largest absolute Gasteiger partial charge is 0.496 e. The maximum absolute atomic E-state index is 15.3. The van der Waals surface area contributed by atoms with E-state index < -0.39 is 68.6 Å². The minimum atomic E-state index is -2.27. The van der Waals surface area contributed by atoms with Crippen LogP contribution in [0.4, 0.5) is 5.69 Å². The van der Waals surface area contributed by atoms with E-state index in [1.165, 1.54) is 18.1 Å². The first kappa shape index (κ1) is 65.5. The van der Waals surface area contributed by atoms with E-state index in [4.69, 9.17) is 33.3 Å². The second-order valence-corrected chi connectivity index (χ2v) is 35.8. The van der Waals surface area contributed by atoms with E-state index in [2.05, 4.69) is 109 Å². The summed E-state index contributed by atoms with van der Waals surface area (Å²) in [5, 5.41) is 47.9. The van der Waals surface area contributed by atoms with E-state index in [1.54, 1.807) is 31.3 Å². The number of aliphatic hydroxyl groups excluding tert-OH is 1. The number of aromatic nitrogens is 3. The lowest BCUT2D eigenvalue weighted by molar-refractivity contribution is -0.203. The minimum absolute atomic E-state index is 0.0609. The molecular weight excluding hydrogens is 1150 g/mol. The molecule has 1 amide bonds. The molecule has 86 heavy (non-hydrogen) atoms. The Hall–Kier alpha value is -4.93. The smallest absolute Gasteiger partial charge is 0.313 e. The monoisotopic (exact) mass is 1240 g/mol. The number of nitrogens with one attached hydrogen (secondary N) is 2. The molecule has 2 aromatic heterocycles. The van der Waals surface area contributed by atoms with E-state index in [0.717, 1.165) is 46.7 Å². The minimum Gasteiger partial charge on any atom is -0.496 e. The number of β-amino-alcohol motifs (C(OH)–C–C–N with tert-alkyl or cyclic N) is 1. The number of carbonyl (C=O) groups is 2. The third-order valence-electron chi connectivity index (χ3n) is 19.0. The van der Waals surface area contributed by atoms with Gasteiger partial charge in [-0.05, 0) is 118 Å². The highest BCUT2D eigenvalue weighted by Gasteiger charge is 2.78. The molecule has 2 aromatic carbocycles. The number of benzene rings is 2. The number of azide groups is 1. The van der Waals surface area contributed by atoms with Gasteiger partial charge in [0.1, 0.15) is 11.9 Å². The van der Waals surface area contributed by atoms with Crippen LogP contribution >= 0.6 is 11.8 Å². The van der Waals surface area contributed by atoms with Crippen molar-refractivity contribution in [3.63, 3.8) is 0 Å². The van der Waals surface area contributed by atoms with E-state index >= 15 is 4.79 Å². The number of aliphatic hydroxyl groups is 3. The van der Waals surface area contributed by atoms with Gasteiger partial charge in [-0.3, -0.25) is 19.4 Å². The number of likely N-dealkylation sites (tertiary alicyclic amines) is 1. The zero-order valence-corrected chi connectivity index (χ0v) is 54.7. The van der Waals surface area contributed by atoms with E-state index in [0.29, 0.717) is 127 Å². The number of likely N-dealkylation sites (N-methyl/N-ethyl adjacent to an activating group) is 1. The third-order valence-corrected chi connectivity index (χ3v) is 28.8. The van der Waals surface area contributed by atoms with Crippen molar-refractivity contribution >= 4 is 56.9 Å². The first-order chi connectivity index (χ1) is 41.2. The number of piperidine rings is 1. The molecule has 9 atom stereocenters. The molecule has 1 saturated carbocycles. The lowest BCUT2D eigenvalue weighted by Crippen LogP contribution is -2.81. The Morgan fingerprint density at radius 3 is 2.47 bits per heavy atom. The van der Waals surface area contributed by atoms with Crippen molar-refractivity contribution in [2.45, 2.75) is 144 Å². The van der Waals surface area contributed by atoms with Crippen LogP contribution in [-0.2, 0) is 51.1 Å². The SMILES string of the molecule is CC[C@]1(O)C[C@@H](C[C@H](C(=O)OC)c2cc3c(cc2OC)N(C)[C@H]2[C@@](O)(C(=O)NCCC[Si](C)(C)O[Si](C)(C)CSc4ncc(COCCOCCOCCN=[N+]=[N-])cn4)[C@H](O)[C@]4(CC)C=CCN5CC[C@]32[C@@H]54)CN(CCc2c[nH]c3ccccc23)C1. The Kier molecular flexibility index (Phi) is 21.2. The number of amides is 1. The highest BCUT2D eigenvalue weighted by Crippen LogP contribution is 2.67. The lowest BCUT2D eigenvalue weighted by atomic mass is 9.47. The van der Waals surface area contributed by atoms with Crippen molar-refractivity contribution in [2.75, 3.05) is 110 Å². The second-order valence-electron chi connectivity index (χ2n) is 25.6. The number of thioether (sulfide) groups is 1. The number of aromatic amines is 1. The Morgan fingerprint density at radius 2 is 1.74 bits per heavy atom. The standard InChI is InChI=1S/C62H92N10O11SSi2/c1-10-59(76)35-43(39-71(41-59)24-18-45-38-65-50-17-13-12-16-46(45)50)32-48(53(73)79-5)47-33-49-51(34-52(47)78-4)70(3)55-61(49)20-25-72-23-14-19-60(11-2,54(61)72)56(74)62(55,77)57(75)64-21-15-31-85(6,7)83-86(8,9)42-84-58-66-36-44(37-67-58)40-82-30-29-81-28-27-80-26-22-68-69-63/h12-14,16-17,19,33-34,36-38,43,48,54-56,65,74,76-77H,10-11,15,18,20-32,35,39-42H2,1-9H3,(H,64,75)/t43-,48+,54+,55-,56-,59+,60-,61-,62+/m1/s1. The van der Waals surface area contributed by atoms with Crippen molar-refractivity contribution in [1.82, 2.24) is 30.1 Å². The molecule has 24 heteroatoms. The molecule has 5 aliphatic rings. The van der Waals surface area contributed by atoms with Gasteiger partial charge < -0.3 is 58.3 Å².